The van der Waals surface area contributed by atoms with Crippen molar-refractivity contribution in [2.24, 2.45) is 9.98 Å². The van der Waals surface area contributed by atoms with Crippen LogP contribution in [0.15, 0.2) is 156 Å². The summed E-state index contributed by atoms with van der Waals surface area (Å²) in [4.78, 5) is 13.6. The van der Waals surface area contributed by atoms with E-state index in [1.807, 2.05) is 11.3 Å². The van der Waals surface area contributed by atoms with E-state index in [-0.39, 0.29) is 36.3 Å². The molecule has 1 aromatic heterocycles. The van der Waals surface area contributed by atoms with Crippen molar-refractivity contribution >= 4 is 41.1 Å². The van der Waals surface area contributed by atoms with E-state index in [0.29, 0.717) is 0 Å². The highest BCUT2D eigenvalue weighted by Crippen LogP contribution is 2.37. The first-order chi connectivity index (χ1) is 27.7. The number of anilines is 1. The summed E-state index contributed by atoms with van der Waals surface area (Å²) in [6.07, 6.45) is 24.6. The van der Waals surface area contributed by atoms with Crippen LogP contribution in [0.2, 0.25) is 0 Å². The van der Waals surface area contributed by atoms with Gasteiger partial charge in [-0.05, 0) is 104 Å². The van der Waals surface area contributed by atoms with Crippen molar-refractivity contribution in [2.75, 3.05) is 4.90 Å². The van der Waals surface area contributed by atoms with Gasteiger partial charge >= 0.3 is 0 Å². The van der Waals surface area contributed by atoms with E-state index >= 15 is 0 Å². The molecule has 0 spiro atoms. The van der Waals surface area contributed by atoms with Crippen LogP contribution >= 0.6 is 11.3 Å². The first kappa shape index (κ1) is 38.3. The minimum atomic E-state index is -0.266. The Kier molecular flexibility index (Phi) is 11.3. The highest BCUT2D eigenvalue weighted by Gasteiger charge is 2.29. The summed E-state index contributed by atoms with van der Waals surface area (Å²) in [5, 5.41) is 4.01. The summed E-state index contributed by atoms with van der Waals surface area (Å²) in [6.45, 7) is 13.4. The smallest absolute Gasteiger partial charge is 0.101 e. The van der Waals surface area contributed by atoms with Gasteiger partial charge < -0.3 is 4.90 Å². The van der Waals surface area contributed by atoms with Crippen molar-refractivity contribution in [3.63, 3.8) is 0 Å². The molecule has 5 aromatic rings. The number of fused-ring (bicyclic) bond motifs is 6. The van der Waals surface area contributed by atoms with Gasteiger partial charge in [-0.25, -0.2) is 0 Å². The highest BCUT2D eigenvalue weighted by atomic mass is 32.1. The van der Waals surface area contributed by atoms with Crippen molar-refractivity contribution in [1.29, 1.82) is 0 Å². The van der Waals surface area contributed by atoms with Gasteiger partial charge in [0.25, 0.3) is 0 Å². The SMILES string of the molecule is Cc1cc(C)c(/C2=c3\cc/c(s3)=C/C3C=CC=CC(C=N[C@H](c4ccccc4)[C@@H](c4ccccc4)N=CC4C=CC=CC2N4)N3c2c(C)cc(C)cc2C)c(C)c1. The fraction of sp³-hybridized carbons (Fsp3) is 0.231. The average Bonchev–Trinajstić information content (AvgIpc) is 3.39. The lowest BCUT2D eigenvalue weighted by Crippen LogP contribution is -2.42. The third-order valence-electron chi connectivity index (χ3n) is 11.2. The molecule has 4 aromatic carbocycles. The number of hydrogen-bond acceptors (Lipinski definition) is 5. The van der Waals surface area contributed by atoms with Gasteiger partial charge in [0.2, 0.25) is 0 Å². The predicted octanol–water partition coefficient (Wildman–Crippen LogP) is 10.0. The summed E-state index contributed by atoms with van der Waals surface area (Å²) in [7, 11) is 0. The number of rotatable bonds is 4. The maximum absolute atomic E-state index is 5.58. The number of aryl methyl sites for hydroxylation is 6. The van der Waals surface area contributed by atoms with Gasteiger partial charge in [0.15, 0.2) is 0 Å². The Bertz CT molecular complexity index is 2510. The number of nitrogens with zero attached hydrogens (tertiary/aromatic N) is 3. The highest BCUT2D eigenvalue weighted by molar-refractivity contribution is 7.07. The van der Waals surface area contributed by atoms with Gasteiger partial charge in [-0.3, -0.25) is 15.3 Å². The van der Waals surface area contributed by atoms with Gasteiger partial charge in [0, 0.05) is 27.2 Å². The molecule has 8 rings (SSSR count). The fourth-order valence-corrected chi connectivity index (χ4v) is 10.1. The van der Waals surface area contributed by atoms with Crippen molar-refractivity contribution in [3.05, 3.63) is 205 Å². The zero-order valence-corrected chi connectivity index (χ0v) is 34.6. The van der Waals surface area contributed by atoms with Crippen LogP contribution in [0.5, 0.6) is 0 Å². The van der Waals surface area contributed by atoms with E-state index in [2.05, 4.69) is 216 Å². The predicted molar refractivity (Wildman–Crippen MR) is 245 cm³/mol. The standard InChI is InChI=1S/C52H52N4S/c1-34-27-36(3)48(37(4)28-34)49-46-24-16-13-21-42(55-46)32-53-50(40-17-9-7-10-18-40)51(41-19-11-8-12-20-41)54-33-44-23-15-14-22-43(31-45-25-26-47(49)57-45)56(44)52-38(5)29-35(2)30-39(52)6/h7-33,42-44,46,50-51,55H,1-6H3/b45-31-,49-47+,53-32?,54-33?/t42?,43?,44?,46?,50-,51-/m1/s1. The molecule has 0 saturated carbocycles. The van der Waals surface area contributed by atoms with Crippen LogP contribution in [0.25, 0.3) is 11.6 Å². The minimum absolute atomic E-state index is 0.0346. The molecule has 0 aliphatic carbocycles. The molecule has 1 N–H and O–H groups in total. The molecule has 0 amide bonds. The molecule has 6 atom stereocenters. The van der Waals surface area contributed by atoms with Crippen LogP contribution < -0.4 is 19.3 Å². The first-order valence-electron chi connectivity index (χ1n) is 20.1. The van der Waals surface area contributed by atoms with E-state index in [1.54, 1.807) is 0 Å². The number of aliphatic imine (C=N–C) groups is 2. The van der Waals surface area contributed by atoms with Gasteiger partial charge in [-0.15, -0.1) is 11.3 Å². The average molecular weight is 765 g/mol. The van der Waals surface area contributed by atoms with E-state index < -0.39 is 0 Å². The molecule has 4 heterocycles. The topological polar surface area (TPSA) is 40.0 Å². The van der Waals surface area contributed by atoms with Gasteiger partial charge in [-0.2, -0.15) is 0 Å². The maximum atomic E-state index is 5.58. The Labute approximate surface area is 342 Å². The van der Waals surface area contributed by atoms with Gasteiger partial charge in [0.05, 0.1) is 24.2 Å². The normalized spacial score (nSPS) is 24.7. The van der Waals surface area contributed by atoms with Crippen molar-refractivity contribution in [1.82, 2.24) is 5.32 Å². The Balaban J connectivity index is 1.41. The molecular weight excluding hydrogens is 713 g/mol. The fourth-order valence-electron chi connectivity index (χ4n) is 8.98. The molecule has 6 bridgehead atoms. The number of benzene rings is 4. The molecule has 0 saturated heterocycles. The van der Waals surface area contributed by atoms with Gasteiger partial charge in [0.1, 0.15) is 12.1 Å². The second-order valence-electron chi connectivity index (χ2n) is 15.7. The first-order valence-corrected chi connectivity index (χ1v) is 20.9. The van der Waals surface area contributed by atoms with E-state index in [0.717, 1.165) is 11.1 Å². The third kappa shape index (κ3) is 8.27. The summed E-state index contributed by atoms with van der Waals surface area (Å²) in [5.74, 6) is 0. The minimum Gasteiger partial charge on any atom is -0.350 e. The second-order valence-corrected chi connectivity index (χ2v) is 16.8. The van der Waals surface area contributed by atoms with Crippen LogP contribution in [0.4, 0.5) is 5.69 Å². The third-order valence-corrected chi connectivity index (χ3v) is 12.3. The van der Waals surface area contributed by atoms with Crippen LogP contribution in [0.3, 0.4) is 0 Å². The van der Waals surface area contributed by atoms with Gasteiger partial charge in [-0.1, -0.05) is 145 Å². The molecule has 0 radical (unpaired) electrons. The molecule has 57 heavy (non-hydrogen) atoms. The van der Waals surface area contributed by atoms with E-state index in [4.69, 9.17) is 9.98 Å². The van der Waals surface area contributed by atoms with Crippen LogP contribution in [-0.2, 0) is 0 Å². The molecule has 286 valence electrons. The number of thiophene rings is 1. The lowest BCUT2D eigenvalue weighted by Gasteiger charge is -2.36. The Morgan fingerprint density at radius 1 is 0.561 bits per heavy atom. The summed E-state index contributed by atoms with van der Waals surface area (Å²) >= 11 is 1.87. The van der Waals surface area contributed by atoms with Crippen LogP contribution in [0.1, 0.15) is 62.2 Å². The largest absolute Gasteiger partial charge is 0.350 e. The van der Waals surface area contributed by atoms with Crippen LogP contribution in [-0.4, -0.2) is 36.6 Å². The van der Waals surface area contributed by atoms with E-state index in [9.17, 15) is 0 Å². The Morgan fingerprint density at radius 2 is 1.11 bits per heavy atom. The molecular formula is C52H52N4S. The Morgan fingerprint density at radius 3 is 1.74 bits per heavy atom. The molecule has 4 nitrogen and oxygen atoms in total. The quantitative estimate of drug-likeness (QED) is 0.198. The van der Waals surface area contributed by atoms with Crippen LogP contribution in [0, 0.1) is 41.5 Å². The van der Waals surface area contributed by atoms with E-state index in [1.165, 1.54) is 59.3 Å². The second kappa shape index (κ2) is 16.9. The summed E-state index contributed by atoms with van der Waals surface area (Å²) < 4.78 is 2.49. The lowest BCUT2D eigenvalue weighted by atomic mass is 9.89. The zero-order valence-electron chi connectivity index (χ0n) is 33.8. The number of hydrogen-bond donors (Lipinski definition) is 1. The molecule has 4 unspecified atom stereocenters. The monoisotopic (exact) mass is 764 g/mol. The molecule has 3 aliphatic heterocycles. The Hall–Kier alpha value is -5.62. The molecule has 5 heteroatoms. The summed E-state index contributed by atoms with van der Waals surface area (Å²) in [5.41, 5.74) is 13.7. The molecule has 0 fully saturated rings. The number of allylic oxidation sites excluding steroid dienone is 4. The molecule has 3 aliphatic rings. The lowest BCUT2D eigenvalue weighted by molar-refractivity contribution is 0.577. The maximum Gasteiger partial charge on any atom is 0.101 e. The van der Waals surface area contributed by atoms with Crippen molar-refractivity contribution in [2.45, 2.75) is 77.8 Å². The van der Waals surface area contributed by atoms with Crippen molar-refractivity contribution < 1.29 is 0 Å². The van der Waals surface area contributed by atoms with Crippen molar-refractivity contribution in [3.8, 4) is 0 Å². The zero-order chi connectivity index (χ0) is 39.5. The summed E-state index contributed by atoms with van der Waals surface area (Å²) in [6, 6.07) is 34.3. The number of nitrogens with one attached hydrogen (secondary N) is 1.